The normalized spacial score (nSPS) is 11.7. The molecule has 1 aromatic carbocycles. The number of benzene rings is 1. The molecule has 84 valence electrons. The molecule has 0 unspecified atom stereocenters. The van der Waals surface area contributed by atoms with Gasteiger partial charge in [-0.25, -0.2) is 0 Å². The summed E-state index contributed by atoms with van der Waals surface area (Å²) in [6, 6.07) is 3.88. The van der Waals surface area contributed by atoms with Gasteiger partial charge in [0.1, 0.15) is 0 Å². The lowest BCUT2D eigenvalue weighted by atomic mass is 9.85. The van der Waals surface area contributed by atoms with E-state index in [-0.39, 0.29) is 5.41 Å². The number of hydrogen-bond acceptors (Lipinski definition) is 1. The van der Waals surface area contributed by atoms with E-state index in [9.17, 15) is 0 Å². The van der Waals surface area contributed by atoms with Crippen LogP contribution in [0.15, 0.2) is 12.1 Å². The van der Waals surface area contributed by atoms with Crippen molar-refractivity contribution in [2.75, 3.05) is 19.0 Å². The van der Waals surface area contributed by atoms with E-state index < -0.39 is 0 Å². The van der Waals surface area contributed by atoms with Gasteiger partial charge in [-0.05, 0) is 23.1 Å². The second-order valence-electron chi connectivity index (χ2n) is 4.93. The summed E-state index contributed by atoms with van der Waals surface area (Å²) >= 11 is 12.1. The molecule has 0 saturated carbocycles. The number of anilines is 1. The maximum atomic E-state index is 6.05. The standard InChI is InChI=1S/C12H17Cl2N/c1-12(2,3)8-6-9(13)10(14)7-11(8)15(4)5/h6-7H,1-5H3. The molecule has 0 heterocycles. The molecule has 0 amide bonds. The second-order valence-corrected chi connectivity index (χ2v) is 5.74. The SMILES string of the molecule is CN(C)c1cc(Cl)c(Cl)cc1C(C)(C)C. The molecule has 1 nitrogen and oxygen atoms in total. The molecule has 3 heteroatoms. The average Bonchev–Trinajstić information content (AvgIpc) is 2.06. The molecule has 0 fully saturated rings. The van der Waals surface area contributed by atoms with E-state index in [0.717, 1.165) is 5.69 Å². The molecule has 0 bridgehead atoms. The van der Waals surface area contributed by atoms with Crippen molar-refractivity contribution in [2.45, 2.75) is 26.2 Å². The molecule has 1 aromatic rings. The molecule has 0 aliphatic rings. The van der Waals surface area contributed by atoms with Crippen molar-refractivity contribution < 1.29 is 0 Å². The number of nitrogens with zero attached hydrogens (tertiary/aromatic N) is 1. The van der Waals surface area contributed by atoms with Crippen molar-refractivity contribution in [3.05, 3.63) is 27.7 Å². The average molecular weight is 246 g/mol. The predicted octanol–water partition coefficient (Wildman–Crippen LogP) is 4.36. The van der Waals surface area contributed by atoms with Gasteiger partial charge >= 0.3 is 0 Å². The lowest BCUT2D eigenvalue weighted by Crippen LogP contribution is -2.19. The van der Waals surface area contributed by atoms with E-state index in [0.29, 0.717) is 10.0 Å². The van der Waals surface area contributed by atoms with Crippen molar-refractivity contribution in [1.29, 1.82) is 0 Å². The van der Waals surface area contributed by atoms with E-state index in [4.69, 9.17) is 23.2 Å². The first-order valence-electron chi connectivity index (χ1n) is 4.90. The van der Waals surface area contributed by atoms with Gasteiger partial charge in [0.05, 0.1) is 10.0 Å². The second kappa shape index (κ2) is 4.23. The van der Waals surface area contributed by atoms with Gasteiger partial charge in [-0.15, -0.1) is 0 Å². The van der Waals surface area contributed by atoms with Crippen LogP contribution in [-0.4, -0.2) is 14.1 Å². The molecule has 0 N–H and O–H groups in total. The van der Waals surface area contributed by atoms with Gasteiger partial charge < -0.3 is 4.90 Å². The van der Waals surface area contributed by atoms with Crippen LogP contribution in [0, 0.1) is 0 Å². The molecule has 15 heavy (non-hydrogen) atoms. The topological polar surface area (TPSA) is 3.24 Å². The van der Waals surface area contributed by atoms with Crippen molar-refractivity contribution >= 4 is 28.9 Å². The van der Waals surface area contributed by atoms with Gasteiger partial charge in [0.25, 0.3) is 0 Å². The zero-order chi connectivity index (χ0) is 11.8. The molecule has 0 atom stereocenters. The van der Waals surface area contributed by atoms with Crippen LogP contribution in [0.25, 0.3) is 0 Å². The van der Waals surface area contributed by atoms with Gasteiger partial charge in [-0.1, -0.05) is 44.0 Å². The van der Waals surface area contributed by atoms with Crippen LogP contribution < -0.4 is 4.90 Å². The van der Waals surface area contributed by atoms with E-state index in [1.165, 1.54) is 5.56 Å². The highest BCUT2D eigenvalue weighted by atomic mass is 35.5. The van der Waals surface area contributed by atoms with Crippen LogP contribution in [-0.2, 0) is 5.41 Å². The Morgan fingerprint density at radius 2 is 1.47 bits per heavy atom. The Hall–Kier alpha value is -0.400. The third kappa shape index (κ3) is 2.79. The van der Waals surface area contributed by atoms with Crippen molar-refractivity contribution in [2.24, 2.45) is 0 Å². The zero-order valence-corrected chi connectivity index (χ0v) is 11.4. The van der Waals surface area contributed by atoms with Crippen LogP contribution in [0.3, 0.4) is 0 Å². The lowest BCUT2D eigenvalue weighted by Gasteiger charge is -2.27. The quantitative estimate of drug-likeness (QED) is 0.711. The Labute approximate surface area is 102 Å². The zero-order valence-electron chi connectivity index (χ0n) is 9.86. The van der Waals surface area contributed by atoms with E-state index >= 15 is 0 Å². The first kappa shape index (κ1) is 12.7. The van der Waals surface area contributed by atoms with Crippen LogP contribution in [0.5, 0.6) is 0 Å². The van der Waals surface area contributed by atoms with Gasteiger partial charge in [0.2, 0.25) is 0 Å². The highest BCUT2D eigenvalue weighted by Gasteiger charge is 2.20. The van der Waals surface area contributed by atoms with E-state index in [1.54, 1.807) is 0 Å². The molecule has 0 radical (unpaired) electrons. The molecule has 0 aromatic heterocycles. The molecular formula is C12H17Cl2N. The fraction of sp³-hybridized carbons (Fsp3) is 0.500. The molecule has 0 aliphatic heterocycles. The molecule has 0 saturated heterocycles. The largest absolute Gasteiger partial charge is 0.377 e. The van der Waals surface area contributed by atoms with E-state index in [1.807, 2.05) is 26.2 Å². The summed E-state index contributed by atoms with van der Waals surface area (Å²) in [5.41, 5.74) is 2.40. The highest BCUT2D eigenvalue weighted by molar-refractivity contribution is 6.42. The molecular weight excluding hydrogens is 229 g/mol. The minimum Gasteiger partial charge on any atom is -0.377 e. The summed E-state index contributed by atoms with van der Waals surface area (Å²) in [6.07, 6.45) is 0. The summed E-state index contributed by atoms with van der Waals surface area (Å²) < 4.78 is 0. The first-order valence-corrected chi connectivity index (χ1v) is 5.66. The van der Waals surface area contributed by atoms with Gasteiger partial charge in [0, 0.05) is 19.8 Å². The fourth-order valence-electron chi connectivity index (χ4n) is 1.51. The Morgan fingerprint density at radius 1 is 1.00 bits per heavy atom. The lowest BCUT2D eigenvalue weighted by molar-refractivity contribution is 0.590. The van der Waals surface area contributed by atoms with Gasteiger partial charge in [-0.3, -0.25) is 0 Å². The minimum atomic E-state index is 0.0633. The summed E-state index contributed by atoms with van der Waals surface area (Å²) in [5, 5.41) is 1.22. The van der Waals surface area contributed by atoms with Crippen molar-refractivity contribution in [3.8, 4) is 0 Å². The molecule has 1 rings (SSSR count). The van der Waals surface area contributed by atoms with Crippen LogP contribution in [0.1, 0.15) is 26.3 Å². The van der Waals surface area contributed by atoms with Crippen LogP contribution in [0.4, 0.5) is 5.69 Å². The summed E-state index contributed by atoms with van der Waals surface area (Å²) in [5.74, 6) is 0. The third-order valence-corrected chi connectivity index (χ3v) is 3.05. The monoisotopic (exact) mass is 245 g/mol. The Kier molecular flexibility index (Phi) is 3.57. The van der Waals surface area contributed by atoms with Crippen molar-refractivity contribution in [3.63, 3.8) is 0 Å². The number of rotatable bonds is 1. The van der Waals surface area contributed by atoms with Crippen LogP contribution in [0.2, 0.25) is 10.0 Å². The smallest absolute Gasteiger partial charge is 0.0613 e. The number of halogens is 2. The summed E-state index contributed by atoms with van der Waals surface area (Å²) in [7, 11) is 4.02. The van der Waals surface area contributed by atoms with E-state index in [2.05, 4.69) is 25.7 Å². The summed E-state index contributed by atoms with van der Waals surface area (Å²) in [4.78, 5) is 2.06. The first-order chi connectivity index (χ1) is 6.73. The maximum absolute atomic E-state index is 6.05. The predicted molar refractivity (Wildman–Crippen MR) is 69.5 cm³/mol. The van der Waals surface area contributed by atoms with Crippen molar-refractivity contribution in [1.82, 2.24) is 0 Å². The van der Waals surface area contributed by atoms with Crippen LogP contribution >= 0.6 is 23.2 Å². The fourth-order valence-corrected chi connectivity index (χ4v) is 1.83. The molecule has 0 spiro atoms. The van der Waals surface area contributed by atoms with Gasteiger partial charge in [-0.2, -0.15) is 0 Å². The summed E-state index contributed by atoms with van der Waals surface area (Å²) in [6.45, 7) is 6.50. The Bertz CT molecular complexity index is 365. The minimum absolute atomic E-state index is 0.0633. The Morgan fingerprint density at radius 3 is 1.87 bits per heavy atom. The molecule has 0 aliphatic carbocycles. The maximum Gasteiger partial charge on any atom is 0.0613 e. The number of hydrogen-bond donors (Lipinski definition) is 0. The Balaban J connectivity index is 3.42. The highest BCUT2D eigenvalue weighted by Crippen LogP contribution is 2.37. The third-order valence-electron chi connectivity index (χ3n) is 2.33. The van der Waals surface area contributed by atoms with Gasteiger partial charge in [0.15, 0.2) is 0 Å².